The highest BCUT2D eigenvalue weighted by Gasteiger charge is 2.41. The van der Waals surface area contributed by atoms with Crippen molar-refractivity contribution in [2.24, 2.45) is 0 Å². The van der Waals surface area contributed by atoms with Crippen LogP contribution in [0.2, 0.25) is 0 Å². The number of ether oxygens (including phenoxy) is 1. The van der Waals surface area contributed by atoms with Gasteiger partial charge in [0.1, 0.15) is 12.4 Å². The quantitative estimate of drug-likeness (QED) is 0.732. The molecule has 0 radical (unpaired) electrons. The Bertz CT molecular complexity index is 1130. The monoisotopic (exact) mass is 460 g/mol. The Kier molecular flexibility index (Phi) is 7.31. The molecule has 172 valence electrons. The minimum absolute atomic E-state index is 0.213. The van der Waals surface area contributed by atoms with E-state index in [1.165, 1.54) is 44.4 Å². The third kappa shape index (κ3) is 5.79. The van der Waals surface area contributed by atoms with E-state index in [2.05, 4.69) is 0 Å². The molecule has 8 nitrogen and oxygen atoms in total. The van der Waals surface area contributed by atoms with Crippen molar-refractivity contribution in [3.63, 3.8) is 0 Å². The van der Waals surface area contributed by atoms with Crippen LogP contribution in [0, 0.1) is 22.7 Å². The largest absolute Gasteiger partial charge is 0.490 e. The van der Waals surface area contributed by atoms with E-state index in [-0.39, 0.29) is 5.75 Å². The van der Waals surface area contributed by atoms with Gasteiger partial charge in [0, 0.05) is 14.1 Å². The van der Waals surface area contributed by atoms with Gasteiger partial charge < -0.3 is 14.7 Å². The number of halogens is 3. The molecule has 33 heavy (non-hydrogen) atoms. The number of anilines is 1. The van der Waals surface area contributed by atoms with Crippen LogP contribution < -0.4 is 9.64 Å². The van der Waals surface area contributed by atoms with Crippen molar-refractivity contribution in [3.05, 3.63) is 59.2 Å². The van der Waals surface area contributed by atoms with Crippen molar-refractivity contribution in [2.75, 3.05) is 25.6 Å². The van der Waals surface area contributed by atoms with Gasteiger partial charge in [0.2, 0.25) is 0 Å². The van der Waals surface area contributed by atoms with Crippen LogP contribution in [0.3, 0.4) is 0 Å². The van der Waals surface area contributed by atoms with Gasteiger partial charge in [-0.1, -0.05) is 0 Å². The Balaban J connectivity index is 2.42. The van der Waals surface area contributed by atoms with Crippen LogP contribution in [0.25, 0.3) is 0 Å². The number of urea groups is 1. The Labute approximate surface area is 187 Å². The summed E-state index contributed by atoms with van der Waals surface area (Å²) in [6, 6.07) is 10.4. The molecule has 11 heteroatoms. The molecule has 2 aromatic carbocycles. The number of alkyl halides is 3. The Morgan fingerprint density at radius 2 is 1.67 bits per heavy atom. The molecule has 0 aliphatic rings. The van der Waals surface area contributed by atoms with Crippen molar-refractivity contribution in [3.8, 4) is 17.9 Å². The average Bonchev–Trinajstić information content (AvgIpc) is 2.77. The smallest absolute Gasteiger partial charge is 0.417 e. The van der Waals surface area contributed by atoms with Crippen LogP contribution in [-0.4, -0.2) is 48.2 Å². The number of hydrogen-bond donors (Lipinski definition) is 1. The van der Waals surface area contributed by atoms with Gasteiger partial charge in [-0.15, -0.1) is 0 Å². The molecular weight excluding hydrogens is 441 g/mol. The van der Waals surface area contributed by atoms with Gasteiger partial charge in [-0.3, -0.25) is 4.79 Å². The normalized spacial score (nSPS) is 12.6. The Morgan fingerprint density at radius 3 is 2.15 bits per heavy atom. The lowest BCUT2D eigenvalue weighted by Gasteiger charge is -2.31. The number of rotatable bonds is 5. The zero-order chi connectivity index (χ0) is 25.0. The maximum Gasteiger partial charge on any atom is 0.417 e. The maximum absolute atomic E-state index is 13.4. The van der Waals surface area contributed by atoms with Gasteiger partial charge in [0.05, 0.1) is 34.5 Å². The molecule has 2 aromatic rings. The first-order valence-corrected chi connectivity index (χ1v) is 9.34. The Hall–Kier alpha value is -4.09. The first-order chi connectivity index (χ1) is 15.3. The molecule has 0 aliphatic heterocycles. The highest BCUT2D eigenvalue weighted by molar-refractivity contribution is 6.16. The number of nitrogens with zero attached hydrogens (tertiary/aromatic N) is 4. The topological polar surface area (TPSA) is 118 Å². The van der Waals surface area contributed by atoms with E-state index in [9.17, 15) is 27.9 Å². The van der Waals surface area contributed by atoms with Crippen LogP contribution in [0.5, 0.6) is 5.75 Å². The van der Waals surface area contributed by atoms with Crippen LogP contribution in [0.15, 0.2) is 42.5 Å². The van der Waals surface area contributed by atoms with Crippen molar-refractivity contribution >= 4 is 17.6 Å². The molecule has 0 unspecified atom stereocenters. The lowest BCUT2D eigenvalue weighted by molar-refractivity contribution is -0.138. The Morgan fingerprint density at radius 1 is 1.06 bits per heavy atom. The van der Waals surface area contributed by atoms with Gasteiger partial charge in [0.15, 0.2) is 5.60 Å². The lowest BCUT2D eigenvalue weighted by Crippen LogP contribution is -2.55. The zero-order valence-electron chi connectivity index (χ0n) is 17.8. The number of carbonyl (C=O) groups is 2. The number of amides is 3. The number of benzene rings is 2. The van der Waals surface area contributed by atoms with Crippen LogP contribution in [-0.2, 0) is 11.0 Å². The number of imide groups is 1. The van der Waals surface area contributed by atoms with Gasteiger partial charge in [-0.2, -0.15) is 23.7 Å². The fourth-order valence-electron chi connectivity index (χ4n) is 2.67. The summed E-state index contributed by atoms with van der Waals surface area (Å²) < 4.78 is 45.6. The summed E-state index contributed by atoms with van der Waals surface area (Å²) in [6.07, 6.45) is -4.92. The number of nitriles is 2. The molecule has 0 aliphatic carbocycles. The molecule has 1 atom stereocenters. The molecule has 0 heterocycles. The third-order valence-corrected chi connectivity index (χ3v) is 4.43. The van der Waals surface area contributed by atoms with Crippen molar-refractivity contribution in [1.29, 1.82) is 10.5 Å². The fraction of sp³-hybridized carbons (Fsp3) is 0.273. The van der Waals surface area contributed by atoms with E-state index in [0.29, 0.717) is 16.5 Å². The van der Waals surface area contributed by atoms with E-state index in [1.54, 1.807) is 0 Å². The van der Waals surface area contributed by atoms with E-state index in [1.807, 2.05) is 6.07 Å². The van der Waals surface area contributed by atoms with Crippen LogP contribution >= 0.6 is 0 Å². The number of hydrogen-bond acceptors (Lipinski definition) is 6. The second-order valence-electron chi connectivity index (χ2n) is 7.36. The van der Waals surface area contributed by atoms with Gasteiger partial charge in [-0.25, -0.2) is 9.69 Å². The van der Waals surface area contributed by atoms with E-state index in [4.69, 9.17) is 15.3 Å². The van der Waals surface area contributed by atoms with E-state index < -0.39 is 47.1 Å². The molecule has 1 N–H and O–H groups in total. The van der Waals surface area contributed by atoms with Crippen molar-refractivity contribution in [1.82, 2.24) is 4.90 Å². The summed E-state index contributed by atoms with van der Waals surface area (Å²) in [4.78, 5) is 27.1. The summed E-state index contributed by atoms with van der Waals surface area (Å²) in [5.41, 5.74) is -4.48. The predicted octanol–water partition coefficient (Wildman–Crippen LogP) is 3.29. The van der Waals surface area contributed by atoms with Gasteiger partial charge in [-0.05, 0) is 49.4 Å². The molecular formula is C22H19F3N4O4. The van der Waals surface area contributed by atoms with E-state index >= 15 is 0 Å². The summed E-state index contributed by atoms with van der Waals surface area (Å²) in [5.74, 6) is -1.03. The average molecular weight is 460 g/mol. The zero-order valence-corrected chi connectivity index (χ0v) is 17.8. The lowest BCUT2D eigenvalue weighted by atomic mass is 10.0. The molecule has 0 bridgehead atoms. The third-order valence-electron chi connectivity index (χ3n) is 4.43. The first-order valence-electron chi connectivity index (χ1n) is 9.34. The highest BCUT2D eigenvalue weighted by atomic mass is 19.4. The fourth-order valence-corrected chi connectivity index (χ4v) is 2.67. The number of carbonyl (C=O) groups excluding carboxylic acids is 2. The molecule has 3 amide bonds. The standard InChI is InChI=1S/C22H19F3N4O4/c1-21(32,13-33-17-8-4-14(11-26)5-9-17)19(30)29(20(31)28(2)3)16-7-6-15(12-27)18(10-16)22(23,24)25/h4-10,32H,13H2,1-3H3/t21-/m0/s1. The molecule has 0 fully saturated rings. The summed E-state index contributed by atoms with van der Waals surface area (Å²) in [6.45, 7) is 0.403. The molecule has 2 rings (SSSR count). The van der Waals surface area contributed by atoms with Gasteiger partial charge in [0.25, 0.3) is 5.91 Å². The number of aliphatic hydroxyl groups is 1. The second kappa shape index (κ2) is 9.59. The SMILES string of the molecule is CN(C)C(=O)N(C(=O)[C@@](C)(O)COc1ccc(C#N)cc1)c1ccc(C#N)c(C(F)(F)F)c1. The van der Waals surface area contributed by atoms with Crippen LogP contribution in [0.4, 0.5) is 23.7 Å². The summed E-state index contributed by atoms with van der Waals surface area (Å²) in [5, 5.41) is 28.5. The molecule has 0 spiro atoms. The molecule has 0 saturated heterocycles. The highest BCUT2D eigenvalue weighted by Crippen LogP contribution is 2.35. The minimum atomic E-state index is -4.92. The minimum Gasteiger partial charge on any atom is -0.490 e. The summed E-state index contributed by atoms with van der Waals surface area (Å²) in [7, 11) is 2.55. The predicted molar refractivity (Wildman–Crippen MR) is 110 cm³/mol. The maximum atomic E-state index is 13.4. The molecule has 0 saturated carbocycles. The second-order valence-corrected chi connectivity index (χ2v) is 7.36. The van der Waals surface area contributed by atoms with Gasteiger partial charge >= 0.3 is 12.2 Å². The summed E-state index contributed by atoms with van der Waals surface area (Å²) >= 11 is 0. The van der Waals surface area contributed by atoms with Crippen molar-refractivity contribution in [2.45, 2.75) is 18.7 Å². The molecule has 0 aromatic heterocycles. The first kappa shape index (κ1) is 25.2. The van der Waals surface area contributed by atoms with Crippen LogP contribution in [0.1, 0.15) is 23.6 Å². The van der Waals surface area contributed by atoms with E-state index in [0.717, 1.165) is 24.0 Å². The van der Waals surface area contributed by atoms with Crippen molar-refractivity contribution < 1.29 is 32.6 Å².